The van der Waals surface area contributed by atoms with Gasteiger partial charge in [0.1, 0.15) is 13.1 Å². The van der Waals surface area contributed by atoms with Crippen molar-refractivity contribution in [3.8, 4) is 0 Å². The van der Waals surface area contributed by atoms with Gasteiger partial charge in [0.15, 0.2) is 0 Å². The summed E-state index contributed by atoms with van der Waals surface area (Å²) < 4.78 is 62.2. The molecule has 140 valence electrons. The van der Waals surface area contributed by atoms with Gasteiger partial charge in [-0.3, -0.25) is 4.58 Å². The molecule has 26 heavy (non-hydrogen) atoms. The van der Waals surface area contributed by atoms with Crippen LogP contribution in [0, 0.1) is 66.5 Å². The van der Waals surface area contributed by atoms with Crippen LogP contribution in [0.1, 0.15) is 13.8 Å². The molecule has 0 rings (SSSR count). The Morgan fingerprint density at radius 1 is 0.654 bits per heavy atom. The number of hydrogen-bond donors (Lipinski definition) is 0. The first-order valence-electron chi connectivity index (χ1n) is 4.68. The zero-order valence-corrected chi connectivity index (χ0v) is 16.1. The van der Waals surface area contributed by atoms with E-state index in [1.54, 1.807) is 0 Å². The van der Waals surface area contributed by atoms with Gasteiger partial charge in [-0.2, -0.15) is 0 Å². The molecular weight excluding hydrogens is 432 g/mol. The molecule has 0 bridgehead atoms. The third-order valence-electron chi connectivity index (χ3n) is 1.13. The van der Waals surface area contributed by atoms with Crippen LogP contribution < -0.4 is 0 Å². The van der Waals surface area contributed by atoms with Crippen molar-refractivity contribution < 1.29 is 75.9 Å². The first-order chi connectivity index (χ1) is 11.8. The fourth-order valence-electron chi connectivity index (χ4n) is 0.583. The van der Waals surface area contributed by atoms with E-state index in [9.17, 15) is 0 Å². The van der Waals surface area contributed by atoms with Gasteiger partial charge in [-0.15, -0.1) is 0 Å². The fourth-order valence-corrected chi connectivity index (χ4v) is 0.583. The van der Waals surface area contributed by atoms with E-state index in [1.807, 2.05) is 12.6 Å². The smallest absolute Gasteiger partial charge is 0.491 e. The van der Waals surface area contributed by atoms with E-state index in [2.05, 4.69) is 78.5 Å². The quantitative estimate of drug-likeness (QED) is 0.198. The van der Waals surface area contributed by atoms with Crippen LogP contribution >= 0.6 is 0 Å². The van der Waals surface area contributed by atoms with Crippen molar-refractivity contribution in [1.29, 1.82) is 0 Å². The predicted octanol–water partition coefficient (Wildman–Crippen LogP) is 0.843. The average molecular weight is 446 g/mol. The van der Waals surface area contributed by atoms with E-state index in [0.717, 1.165) is 13.1 Å². The summed E-state index contributed by atoms with van der Waals surface area (Å²) in [5.74, 6) is 0. The molecule has 0 spiro atoms. The van der Waals surface area contributed by atoms with Crippen LogP contribution in [-0.2, 0) is 71.4 Å². The Hall–Kier alpha value is -1.50. The molecule has 11 heteroatoms. The summed E-state index contributed by atoms with van der Waals surface area (Å²) in [7, 11) is 0. The monoisotopic (exact) mass is 446 g/mol. The van der Waals surface area contributed by atoms with Crippen LogP contribution in [-0.4, -0.2) is 23.9 Å². The van der Waals surface area contributed by atoms with Crippen molar-refractivity contribution in [3.63, 3.8) is 0 Å². The molecule has 0 fully saturated rings. The molecule has 0 aliphatic heterocycles. The number of rotatable bonds is 3. The molecule has 0 atom stereocenters. The van der Waals surface area contributed by atoms with Crippen LogP contribution in [0.4, 0.5) is 0 Å². The molecule has 0 unspecified atom stereocenters. The fraction of sp³-hybridized carbons (Fsp3) is 0.267. The van der Waals surface area contributed by atoms with Gasteiger partial charge in [0.05, 0.1) is 0 Å². The molecule has 2 radical (unpaired) electrons. The second-order valence-electron chi connectivity index (χ2n) is 1.61. The van der Waals surface area contributed by atoms with E-state index in [-0.39, 0.29) is 34.1 Å². The van der Waals surface area contributed by atoms with Crippen LogP contribution in [0.5, 0.6) is 0 Å². The van der Waals surface area contributed by atoms with Gasteiger partial charge >= 0.3 is 107 Å². The Morgan fingerprint density at radius 2 is 0.808 bits per heavy atom. The molecule has 0 saturated carbocycles. The normalized spacial score (nSPS) is 3.19. The van der Waals surface area contributed by atoms with Crippen LogP contribution in [0.3, 0.4) is 0 Å². The second kappa shape index (κ2) is 393. The van der Waals surface area contributed by atoms with Crippen molar-refractivity contribution in [1.82, 2.24) is 0 Å². The summed E-state index contributed by atoms with van der Waals surface area (Å²) in [6, 6.07) is 0. The summed E-state index contributed by atoms with van der Waals surface area (Å²) >= 11 is 0. The largest absolute Gasteiger partial charge is 2.00 e. The van der Waals surface area contributed by atoms with E-state index in [1.165, 1.54) is 0 Å². The molecule has 0 saturated heterocycles. The maximum Gasteiger partial charge on any atom is 2.00 e. The van der Waals surface area contributed by atoms with E-state index in [0.29, 0.717) is 0 Å². The Morgan fingerprint density at radius 3 is 0.846 bits per heavy atom. The summed E-state index contributed by atoms with van der Waals surface area (Å²) in [5.41, 5.74) is 0. The Kier molecular flexibility index (Phi) is 1120. The summed E-state index contributed by atoms with van der Waals surface area (Å²) in [6.07, 6.45) is 3.81. The van der Waals surface area contributed by atoms with Gasteiger partial charge in [-0.1, -0.05) is 0 Å². The SMILES string of the molecule is [C-]#[O+].[C-]#[O+].[C-]#[O+].[C-]#[O+].[C-]#[O+].[C-]#[O+].[C-]#[O+].[C-]#[O+].[CH2-][CH-]C=[N+](CC)CC.[Mn+2].[Mn]. The van der Waals surface area contributed by atoms with Gasteiger partial charge < -0.3 is 13.3 Å². The Bertz CT molecular complexity index is 275. The van der Waals surface area contributed by atoms with E-state index >= 15 is 0 Å². The molecule has 9 nitrogen and oxygen atoms in total. The minimum absolute atomic E-state index is 0. The molecule has 0 aliphatic rings. The molecule has 0 heterocycles. The van der Waals surface area contributed by atoms with Crippen LogP contribution in [0.15, 0.2) is 0 Å². The summed E-state index contributed by atoms with van der Waals surface area (Å²) in [5, 5.41) is 0. The van der Waals surface area contributed by atoms with Crippen LogP contribution in [0.25, 0.3) is 0 Å². The van der Waals surface area contributed by atoms with E-state index in [4.69, 9.17) is 37.2 Å². The second-order valence-corrected chi connectivity index (χ2v) is 1.61. The van der Waals surface area contributed by atoms with Gasteiger partial charge in [0, 0.05) is 17.1 Å². The maximum absolute atomic E-state index is 7.50. The van der Waals surface area contributed by atoms with Crippen molar-refractivity contribution in [2.45, 2.75) is 13.8 Å². The molecule has 0 aromatic rings. The minimum atomic E-state index is 0. The van der Waals surface area contributed by atoms with Crippen molar-refractivity contribution in [2.75, 3.05) is 13.1 Å². The van der Waals surface area contributed by atoms with Crippen molar-refractivity contribution in [3.05, 3.63) is 66.5 Å². The predicted molar refractivity (Wildman–Crippen MR) is 68.5 cm³/mol. The van der Waals surface area contributed by atoms with E-state index < -0.39 is 0 Å². The maximum atomic E-state index is 7.50. The van der Waals surface area contributed by atoms with Crippen molar-refractivity contribution in [2.24, 2.45) is 0 Å². The average Bonchev–Trinajstić information content (AvgIpc) is 2.77. The third-order valence-corrected chi connectivity index (χ3v) is 1.13. The van der Waals surface area contributed by atoms with Gasteiger partial charge in [-0.25, -0.2) is 0 Å². The molecule has 0 N–H and O–H groups in total. The van der Waals surface area contributed by atoms with Gasteiger partial charge in [0.2, 0.25) is 0 Å². The Labute approximate surface area is 175 Å². The van der Waals surface area contributed by atoms with Gasteiger partial charge in [-0.05, 0) is 20.1 Å². The molecule has 0 aromatic carbocycles. The van der Waals surface area contributed by atoms with Crippen molar-refractivity contribution >= 4 is 6.21 Å². The zero-order chi connectivity index (χ0) is 22.4. The number of hydrogen-bond acceptors (Lipinski definition) is 0. The molecule has 0 aliphatic carbocycles. The first-order valence-corrected chi connectivity index (χ1v) is 4.68. The van der Waals surface area contributed by atoms with Gasteiger partial charge in [0.25, 0.3) is 0 Å². The Balaban J connectivity index is -0.0000000120. The molecular formula is C15H14Mn2NO8+. The minimum Gasteiger partial charge on any atom is -0.491 e. The molecule has 0 amide bonds. The van der Waals surface area contributed by atoms with Crippen LogP contribution in [0.2, 0.25) is 0 Å². The standard InChI is InChI=1S/C7H14N.8CO.2Mn/c1-4-7-8(5-2)6-3;8*1-2;;/h4,7H,1,5-6H2,2-3H3;;;;;;;;;;/q-1;;;;;;;;;;+2. The zero-order valence-electron chi connectivity index (χ0n) is 13.7. The summed E-state index contributed by atoms with van der Waals surface area (Å²) in [4.78, 5) is 0. The summed E-state index contributed by atoms with van der Waals surface area (Å²) in [6.45, 7) is 46.0. The number of nitrogens with zero attached hydrogens (tertiary/aromatic N) is 1. The first kappa shape index (κ1) is 74.2. The topological polar surface area (TPSA) is 162 Å². The third kappa shape index (κ3) is 344. The molecule has 0 aromatic heterocycles.